The van der Waals surface area contributed by atoms with Gasteiger partial charge >= 0.3 is 6.09 Å². The molecular weight excluding hydrogens is 275 g/mol. The molecule has 0 atom stereocenters. The first-order valence-electron chi connectivity index (χ1n) is 6.71. The van der Waals surface area contributed by atoms with Gasteiger partial charge in [0.15, 0.2) is 5.65 Å². The lowest BCUT2D eigenvalue weighted by molar-refractivity contribution is 0.0567. The highest BCUT2D eigenvalue weighted by atomic mass is 19.1. The first-order valence-corrected chi connectivity index (χ1v) is 6.71. The van der Waals surface area contributed by atoms with Crippen LogP contribution in [0.25, 0.3) is 5.65 Å². The summed E-state index contributed by atoms with van der Waals surface area (Å²) in [6.07, 6.45) is 0.695. The Labute approximate surface area is 122 Å². The van der Waals surface area contributed by atoms with E-state index in [1.807, 2.05) is 13.8 Å². The van der Waals surface area contributed by atoms with Gasteiger partial charge in [-0.15, -0.1) is 10.2 Å². The lowest BCUT2D eigenvalue weighted by atomic mass is 10.2. The molecule has 0 saturated heterocycles. The smallest absolute Gasteiger partial charge is 0.417 e. The zero-order valence-electron chi connectivity index (χ0n) is 12.8. The second kappa shape index (κ2) is 5.31. The van der Waals surface area contributed by atoms with Crippen molar-refractivity contribution in [1.82, 2.24) is 14.6 Å². The van der Waals surface area contributed by atoms with Crippen molar-refractivity contribution in [1.29, 1.82) is 0 Å². The fraction of sp³-hybridized carbons (Fsp3) is 0.500. The summed E-state index contributed by atoms with van der Waals surface area (Å²) in [5.74, 6) is -0.204. The number of amides is 1. The van der Waals surface area contributed by atoms with Crippen molar-refractivity contribution in [3.63, 3.8) is 0 Å². The number of carbonyl (C=O) groups is 1. The minimum Gasteiger partial charge on any atom is -0.443 e. The summed E-state index contributed by atoms with van der Waals surface area (Å²) in [6.45, 7) is 9.00. The number of halogens is 1. The van der Waals surface area contributed by atoms with E-state index in [0.717, 1.165) is 0 Å². The summed E-state index contributed by atoms with van der Waals surface area (Å²) in [7, 11) is 0. The molecule has 2 rings (SSSR count). The van der Waals surface area contributed by atoms with Crippen LogP contribution < -0.4 is 4.90 Å². The van der Waals surface area contributed by atoms with Gasteiger partial charge in [-0.05, 0) is 46.8 Å². The van der Waals surface area contributed by atoms with Crippen LogP contribution in [0.1, 0.15) is 34.6 Å². The van der Waals surface area contributed by atoms with Gasteiger partial charge in [-0.25, -0.2) is 14.1 Å². The highest BCUT2D eigenvalue weighted by molar-refractivity contribution is 5.86. The maximum absolute atomic E-state index is 13.4. The van der Waals surface area contributed by atoms with Gasteiger partial charge in [0.05, 0.1) is 0 Å². The average Bonchev–Trinajstić information content (AvgIpc) is 2.69. The number of hydrogen-bond donors (Lipinski definition) is 0. The highest BCUT2D eigenvalue weighted by Gasteiger charge is 2.29. The van der Waals surface area contributed by atoms with Gasteiger partial charge in [-0.2, -0.15) is 0 Å². The van der Waals surface area contributed by atoms with E-state index >= 15 is 0 Å². The number of fused-ring (bicyclic) bond motifs is 1. The minimum atomic E-state index is -0.629. The normalized spacial score (nSPS) is 12.0. The molecule has 2 aromatic rings. The predicted molar refractivity (Wildman–Crippen MR) is 76.8 cm³/mol. The maximum Gasteiger partial charge on any atom is 0.417 e. The molecule has 0 unspecified atom stereocenters. The second-order valence-electron chi connectivity index (χ2n) is 6.02. The Balaban J connectivity index is 2.46. The molecule has 6 nitrogen and oxygen atoms in total. The highest BCUT2D eigenvalue weighted by Crippen LogP contribution is 2.20. The van der Waals surface area contributed by atoms with E-state index in [1.165, 1.54) is 27.6 Å². The molecule has 21 heavy (non-hydrogen) atoms. The summed E-state index contributed by atoms with van der Waals surface area (Å²) >= 11 is 0. The zero-order chi connectivity index (χ0) is 15.8. The second-order valence-corrected chi connectivity index (χ2v) is 6.02. The molecule has 0 radical (unpaired) electrons. The van der Waals surface area contributed by atoms with Gasteiger partial charge in [0.25, 0.3) is 0 Å². The van der Waals surface area contributed by atoms with E-state index in [4.69, 9.17) is 4.74 Å². The van der Waals surface area contributed by atoms with Crippen LogP contribution in [0, 0.1) is 5.82 Å². The van der Waals surface area contributed by atoms with Gasteiger partial charge < -0.3 is 4.74 Å². The lowest BCUT2D eigenvalue weighted by Gasteiger charge is -2.28. The number of rotatable bonds is 2. The molecule has 1 amide bonds. The summed E-state index contributed by atoms with van der Waals surface area (Å²) < 4.78 is 20.2. The van der Waals surface area contributed by atoms with Crippen LogP contribution in [0.4, 0.5) is 15.1 Å². The SMILES string of the molecule is CC(C)N(C(=O)OC(C)(C)C)c1nnc2ccc(F)cn12. The first kappa shape index (κ1) is 15.2. The molecular formula is C14H19FN4O2. The fourth-order valence-corrected chi connectivity index (χ4v) is 1.85. The summed E-state index contributed by atoms with van der Waals surface area (Å²) in [5, 5.41) is 7.92. The molecule has 0 spiro atoms. The Bertz CT molecular complexity index is 661. The van der Waals surface area contributed by atoms with Crippen molar-refractivity contribution in [3.05, 3.63) is 24.1 Å². The molecule has 0 bridgehead atoms. The largest absolute Gasteiger partial charge is 0.443 e. The van der Waals surface area contributed by atoms with Crippen LogP contribution in [0.2, 0.25) is 0 Å². The van der Waals surface area contributed by atoms with Crippen LogP contribution >= 0.6 is 0 Å². The molecule has 0 fully saturated rings. The quantitative estimate of drug-likeness (QED) is 0.854. The number of ether oxygens (including phenoxy) is 1. The molecule has 114 valence electrons. The molecule has 2 aromatic heterocycles. The zero-order valence-corrected chi connectivity index (χ0v) is 12.8. The third-order valence-electron chi connectivity index (χ3n) is 2.67. The number of anilines is 1. The van der Waals surface area contributed by atoms with Gasteiger partial charge in [0, 0.05) is 12.2 Å². The Morgan fingerprint density at radius 1 is 1.33 bits per heavy atom. The molecule has 0 aliphatic rings. The third-order valence-corrected chi connectivity index (χ3v) is 2.67. The Hall–Kier alpha value is -2.18. The van der Waals surface area contributed by atoms with Crippen LogP contribution in [0.3, 0.4) is 0 Å². The van der Waals surface area contributed by atoms with E-state index in [0.29, 0.717) is 5.65 Å². The molecule has 7 heteroatoms. The van der Waals surface area contributed by atoms with Gasteiger partial charge in [-0.1, -0.05) is 0 Å². The van der Waals surface area contributed by atoms with Crippen molar-refractivity contribution in [2.24, 2.45) is 0 Å². The summed E-state index contributed by atoms with van der Waals surface area (Å²) in [4.78, 5) is 13.7. The fourth-order valence-electron chi connectivity index (χ4n) is 1.85. The average molecular weight is 294 g/mol. The van der Waals surface area contributed by atoms with Gasteiger partial charge in [0.1, 0.15) is 11.4 Å². The van der Waals surface area contributed by atoms with E-state index < -0.39 is 17.5 Å². The Morgan fingerprint density at radius 2 is 2.00 bits per heavy atom. The van der Waals surface area contributed by atoms with Crippen LogP contribution in [-0.4, -0.2) is 32.3 Å². The van der Waals surface area contributed by atoms with Crippen LogP contribution in [0.15, 0.2) is 18.3 Å². The van der Waals surface area contributed by atoms with E-state index in [1.54, 1.807) is 20.8 Å². The van der Waals surface area contributed by atoms with Crippen molar-refractivity contribution in [2.75, 3.05) is 4.90 Å². The summed E-state index contributed by atoms with van der Waals surface area (Å²) in [6, 6.07) is 2.58. The van der Waals surface area contributed by atoms with Crippen LogP contribution in [-0.2, 0) is 4.74 Å². The first-order chi connectivity index (χ1) is 9.69. The number of carbonyl (C=O) groups excluding carboxylic acids is 1. The number of nitrogens with zero attached hydrogens (tertiary/aromatic N) is 4. The minimum absolute atomic E-state index is 0.212. The predicted octanol–water partition coefficient (Wildman–Crippen LogP) is 3.02. The molecule has 0 aliphatic heterocycles. The molecule has 0 saturated carbocycles. The van der Waals surface area contributed by atoms with Crippen molar-refractivity contribution in [2.45, 2.75) is 46.3 Å². The van der Waals surface area contributed by atoms with E-state index in [2.05, 4.69) is 10.2 Å². The topological polar surface area (TPSA) is 59.7 Å². The van der Waals surface area contributed by atoms with E-state index in [-0.39, 0.29) is 12.0 Å². The molecule has 0 aliphatic carbocycles. The van der Waals surface area contributed by atoms with Crippen molar-refractivity contribution < 1.29 is 13.9 Å². The van der Waals surface area contributed by atoms with E-state index in [9.17, 15) is 9.18 Å². The number of pyridine rings is 1. The monoisotopic (exact) mass is 294 g/mol. The Kier molecular flexibility index (Phi) is 3.85. The lowest BCUT2D eigenvalue weighted by Crippen LogP contribution is -2.42. The van der Waals surface area contributed by atoms with Gasteiger partial charge in [-0.3, -0.25) is 4.40 Å². The van der Waals surface area contributed by atoms with Crippen LogP contribution in [0.5, 0.6) is 0 Å². The standard InChI is InChI=1S/C14H19FN4O2/c1-9(2)19(13(20)21-14(3,4)5)12-17-16-11-7-6-10(15)8-18(11)12/h6-9H,1-5H3. The molecule has 0 aromatic carbocycles. The maximum atomic E-state index is 13.4. The van der Waals surface area contributed by atoms with Crippen molar-refractivity contribution in [3.8, 4) is 0 Å². The molecule has 0 N–H and O–H groups in total. The third kappa shape index (κ3) is 3.29. The Morgan fingerprint density at radius 3 is 2.57 bits per heavy atom. The number of hydrogen-bond acceptors (Lipinski definition) is 4. The number of aromatic nitrogens is 3. The van der Waals surface area contributed by atoms with Crippen molar-refractivity contribution >= 4 is 17.7 Å². The summed E-state index contributed by atoms with van der Waals surface area (Å²) in [5.41, 5.74) is -0.170. The van der Waals surface area contributed by atoms with Gasteiger partial charge in [0.2, 0.25) is 5.95 Å². The molecule has 2 heterocycles.